The summed E-state index contributed by atoms with van der Waals surface area (Å²) in [6.45, 7) is 0. The summed E-state index contributed by atoms with van der Waals surface area (Å²) in [7, 11) is 1.89. The summed E-state index contributed by atoms with van der Waals surface area (Å²) in [6.07, 6.45) is 0.680. The van der Waals surface area contributed by atoms with Crippen molar-refractivity contribution in [2.45, 2.75) is 11.6 Å². The number of thiazole rings is 1. The molecule has 1 N–H and O–H groups in total. The van der Waals surface area contributed by atoms with Gasteiger partial charge in [0.05, 0.1) is 16.0 Å². The van der Waals surface area contributed by atoms with Crippen molar-refractivity contribution in [3.05, 3.63) is 65.7 Å². The molecule has 0 saturated carbocycles. The van der Waals surface area contributed by atoms with Crippen molar-refractivity contribution in [2.24, 2.45) is 7.05 Å². The average Bonchev–Trinajstić information content (AvgIpc) is 3.23. The second-order valence-electron chi connectivity index (χ2n) is 6.09. The van der Waals surface area contributed by atoms with Gasteiger partial charge in [-0.2, -0.15) is 0 Å². The maximum atomic E-state index is 13.3. The number of halogens is 1. The van der Waals surface area contributed by atoms with E-state index >= 15 is 0 Å². The number of anilines is 1. The van der Waals surface area contributed by atoms with Crippen LogP contribution in [0.5, 0.6) is 0 Å². The van der Waals surface area contributed by atoms with Gasteiger partial charge in [-0.05, 0) is 23.8 Å². The van der Waals surface area contributed by atoms with E-state index < -0.39 is 0 Å². The van der Waals surface area contributed by atoms with Crippen molar-refractivity contribution in [3.63, 3.8) is 0 Å². The Kier molecular flexibility index (Phi) is 5.36. The Labute approximate surface area is 168 Å². The molecule has 0 aliphatic rings. The van der Waals surface area contributed by atoms with E-state index in [2.05, 4.69) is 20.5 Å². The number of carbonyl (C=O) groups excluding carboxylic acids is 1. The van der Waals surface area contributed by atoms with Gasteiger partial charge in [-0.1, -0.05) is 53.4 Å². The van der Waals surface area contributed by atoms with Crippen molar-refractivity contribution < 1.29 is 9.18 Å². The Morgan fingerprint density at radius 3 is 2.86 bits per heavy atom. The third-order valence-corrected chi connectivity index (χ3v) is 6.01. The minimum Gasteiger partial charge on any atom is -0.309 e. The molecular formula is C19H16FN5OS2. The normalized spacial score (nSPS) is 11.1. The van der Waals surface area contributed by atoms with Crippen LogP contribution in [0.25, 0.3) is 10.2 Å². The van der Waals surface area contributed by atoms with Gasteiger partial charge in [0.25, 0.3) is 0 Å². The molecule has 4 aromatic rings. The molecule has 2 aromatic heterocycles. The lowest BCUT2D eigenvalue weighted by Gasteiger charge is -2.04. The van der Waals surface area contributed by atoms with Crippen molar-refractivity contribution in [3.8, 4) is 0 Å². The molecule has 0 spiro atoms. The molecule has 142 valence electrons. The van der Waals surface area contributed by atoms with Crippen LogP contribution in [-0.4, -0.2) is 31.4 Å². The van der Waals surface area contributed by atoms with Crippen LogP contribution in [0, 0.1) is 5.82 Å². The summed E-state index contributed by atoms with van der Waals surface area (Å²) in [5, 5.41) is 12.3. The first-order chi connectivity index (χ1) is 13.6. The first kappa shape index (κ1) is 18.6. The van der Waals surface area contributed by atoms with Crippen LogP contribution < -0.4 is 5.32 Å². The first-order valence-electron chi connectivity index (χ1n) is 8.49. The number of benzene rings is 2. The lowest BCUT2D eigenvalue weighted by molar-refractivity contribution is -0.113. The van der Waals surface area contributed by atoms with Crippen LogP contribution in [0.1, 0.15) is 11.4 Å². The zero-order chi connectivity index (χ0) is 19.5. The summed E-state index contributed by atoms with van der Waals surface area (Å²) in [5.74, 6) is 0.499. The minimum absolute atomic E-state index is 0.182. The lowest BCUT2D eigenvalue weighted by atomic mass is 10.1. The van der Waals surface area contributed by atoms with Crippen LogP contribution in [0.2, 0.25) is 0 Å². The smallest absolute Gasteiger partial charge is 0.236 e. The van der Waals surface area contributed by atoms with Crippen LogP contribution >= 0.6 is 23.1 Å². The van der Waals surface area contributed by atoms with Gasteiger partial charge >= 0.3 is 0 Å². The number of hydrogen-bond donors (Lipinski definition) is 1. The van der Waals surface area contributed by atoms with Gasteiger partial charge in [0.15, 0.2) is 10.3 Å². The van der Waals surface area contributed by atoms with E-state index in [0.29, 0.717) is 26.9 Å². The maximum Gasteiger partial charge on any atom is 0.236 e. The third kappa shape index (κ3) is 4.20. The van der Waals surface area contributed by atoms with Gasteiger partial charge in [-0.25, -0.2) is 9.37 Å². The van der Waals surface area contributed by atoms with Gasteiger partial charge < -0.3 is 9.88 Å². The number of nitrogens with one attached hydrogen (secondary N) is 1. The molecule has 1 amide bonds. The molecule has 0 unspecified atom stereocenters. The zero-order valence-corrected chi connectivity index (χ0v) is 16.6. The fourth-order valence-electron chi connectivity index (χ4n) is 2.64. The number of fused-ring (bicyclic) bond motifs is 1. The number of amides is 1. The largest absolute Gasteiger partial charge is 0.309 e. The van der Waals surface area contributed by atoms with E-state index in [1.54, 1.807) is 6.07 Å². The minimum atomic E-state index is -0.321. The van der Waals surface area contributed by atoms with E-state index in [0.717, 1.165) is 11.4 Å². The Morgan fingerprint density at radius 2 is 2.04 bits per heavy atom. The third-order valence-electron chi connectivity index (χ3n) is 4.06. The number of aromatic nitrogens is 4. The predicted molar refractivity (Wildman–Crippen MR) is 109 cm³/mol. The SMILES string of the molecule is Cn1c(Cc2ccccc2)nnc1SCC(=O)Nc1nc2ccc(F)cc2s1. The van der Waals surface area contributed by atoms with Crippen molar-refractivity contribution in [1.29, 1.82) is 0 Å². The topological polar surface area (TPSA) is 72.7 Å². The van der Waals surface area contributed by atoms with Gasteiger partial charge in [0, 0.05) is 13.5 Å². The quantitative estimate of drug-likeness (QED) is 0.486. The standard InChI is InChI=1S/C19H16FN5OS2/c1-25-16(9-12-5-3-2-4-6-12)23-24-19(25)27-11-17(26)22-18-21-14-8-7-13(20)10-15(14)28-18/h2-8,10H,9,11H2,1H3,(H,21,22,26). The van der Waals surface area contributed by atoms with E-state index in [1.165, 1.54) is 35.2 Å². The molecule has 0 atom stereocenters. The van der Waals surface area contributed by atoms with Crippen LogP contribution in [0.15, 0.2) is 53.7 Å². The Balaban J connectivity index is 1.36. The summed E-state index contributed by atoms with van der Waals surface area (Å²) in [6, 6.07) is 14.4. The second kappa shape index (κ2) is 8.07. The molecule has 0 bridgehead atoms. The summed E-state index contributed by atoms with van der Waals surface area (Å²) < 4.78 is 15.9. The highest BCUT2D eigenvalue weighted by atomic mass is 32.2. The van der Waals surface area contributed by atoms with Crippen LogP contribution in [-0.2, 0) is 18.3 Å². The molecule has 28 heavy (non-hydrogen) atoms. The average molecular weight is 414 g/mol. The van der Waals surface area contributed by atoms with Gasteiger partial charge in [-0.3, -0.25) is 4.79 Å². The molecule has 0 radical (unpaired) electrons. The molecule has 0 aliphatic carbocycles. The fraction of sp³-hybridized carbons (Fsp3) is 0.158. The highest BCUT2D eigenvalue weighted by molar-refractivity contribution is 7.99. The van der Waals surface area contributed by atoms with Crippen molar-refractivity contribution in [1.82, 2.24) is 19.7 Å². The highest BCUT2D eigenvalue weighted by Gasteiger charge is 2.13. The Morgan fingerprint density at radius 1 is 1.21 bits per heavy atom. The maximum absolute atomic E-state index is 13.3. The summed E-state index contributed by atoms with van der Waals surface area (Å²) in [5.41, 5.74) is 1.81. The molecule has 2 heterocycles. The van der Waals surface area contributed by atoms with Crippen molar-refractivity contribution >= 4 is 44.4 Å². The number of rotatable bonds is 6. The van der Waals surface area contributed by atoms with E-state index in [4.69, 9.17) is 0 Å². The van der Waals surface area contributed by atoms with Gasteiger partial charge in [0.1, 0.15) is 11.6 Å². The van der Waals surface area contributed by atoms with Crippen LogP contribution in [0.4, 0.5) is 9.52 Å². The summed E-state index contributed by atoms with van der Waals surface area (Å²) in [4.78, 5) is 16.5. The first-order valence-corrected chi connectivity index (χ1v) is 10.3. The van der Waals surface area contributed by atoms with E-state index in [-0.39, 0.29) is 17.5 Å². The van der Waals surface area contributed by atoms with E-state index in [9.17, 15) is 9.18 Å². The summed E-state index contributed by atoms with van der Waals surface area (Å²) >= 11 is 2.55. The molecule has 4 rings (SSSR count). The van der Waals surface area contributed by atoms with Gasteiger partial charge in [-0.15, -0.1) is 10.2 Å². The molecule has 2 aromatic carbocycles. The lowest BCUT2D eigenvalue weighted by Crippen LogP contribution is -2.14. The van der Waals surface area contributed by atoms with Crippen molar-refractivity contribution in [2.75, 3.05) is 11.1 Å². The Bertz CT molecular complexity index is 1130. The molecule has 0 fully saturated rings. The molecule has 9 heteroatoms. The number of carbonyl (C=O) groups is 1. The van der Waals surface area contributed by atoms with Gasteiger partial charge in [0.2, 0.25) is 5.91 Å². The number of nitrogens with zero attached hydrogens (tertiary/aromatic N) is 4. The molecule has 6 nitrogen and oxygen atoms in total. The fourth-order valence-corrected chi connectivity index (χ4v) is 4.28. The number of hydrogen-bond acceptors (Lipinski definition) is 6. The highest BCUT2D eigenvalue weighted by Crippen LogP contribution is 2.27. The molecule has 0 saturated heterocycles. The second-order valence-corrected chi connectivity index (χ2v) is 8.06. The zero-order valence-electron chi connectivity index (χ0n) is 14.9. The molecule has 0 aliphatic heterocycles. The Hall–Kier alpha value is -2.78. The number of thioether (sulfide) groups is 1. The van der Waals surface area contributed by atoms with E-state index in [1.807, 2.05) is 41.9 Å². The monoisotopic (exact) mass is 413 g/mol. The molecular weight excluding hydrogens is 397 g/mol. The van der Waals surface area contributed by atoms with Crippen LogP contribution in [0.3, 0.4) is 0 Å². The predicted octanol–water partition coefficient (Wildman–Crippen LogP) is 3.89.